The van der Waals surface area contributed by atoms with E-state index < -0.39 is 0 Å². The van der Waals surface area contributed by atoms with Gasteiger partial charge in [-0.1, -0.05) is 27.2 Å². The van der Waals surface area contributed by atoms with Gasteiger partial charge in [-0.3, -0.25) is 4.90 Å². The summed E-state index contributed by atoms with van der Waals surface area (Å²) in [4.78, 5) is 2.64. The minimum Gasteiger partial charge on any atom is -0.314 e. The molecule has 0 saturated carbocycles. The topological polar surface area (TPSA) is 15.3 Å². The lowest BCUT2D eigenvalue weighted by atomic mass is 9.95. The van der Waals surface area contributed by atoms with E-state index in [1.165, 1.54) is 32.4 Å². The molecule has 16 heavy (non-hydrogen) atoms. The van der Waals surface area contributed by atoms with E-state index in [4.69, 9.17) is 0 Å². The van der Waals surface area contributed by atoms with Gasteiger partial charge < -0.3 is 5.32 Å². The first-order valence-electron chi connectivity index (χ1n) is 6.77. The van der Waals surface area contributed by atoms with Gasteiger partial charge in [0, 0.05) is 18.6 Å². The zero-order chi connectivity index (χ0) is 12.2. The van der Waals surface area contributed by atoms with Crippen LogP contribution in [0.4, 0.5) is 0 Å². The zero-order valence-electron chi connectivity index (χ0n) is 11.9. The van der Waals surface area contributed by atoms with Crippen molar-refractivity contribution in [2.45, 2.75) is 59.4 Å². The Balaban J connectivity index is 2.32. The predicted octanol–water partition coefficient (Wildman–Crippen LogP) is 2.89. The van der Waals surface area contributed by atoms with Crippen molar-refractivity contribution in [1.29, 1.82) is 0 Å². The first kappa shape index (κ1) is 14.0. The van der Waals surface area contributed by atoms with Gasteiger partial charge in [-0.2, -0.15) is 0 Å². The van der Waals surface area contributed by atoms with Crippen LogP contribution in [0.2, 0.25) is 0 Å². The van der Waals surface area contributed by atoms with Gasteiger partial charge in [0.15, 0.2) is 0 Å². The lowest BCUT2D eigenvalue weighted by molar-refractivity contribution is 0.0924. The molecule has 1 saturated heterocycles. The maximum absolute atomic E-state index is 3.62. The molecule has 1 aliphatic heterocycles. The van der Waals surface area contributed by atoms with Crippen LogP contribution < -0.4 is 5.32 Å². The SMILES string of the molecule is CC(C)(C)CNCC(C)(C)N1CCCCC1. The van der Waals surface area contributed by atoms with E-state index in [1.807, 2.05) is 0 Å². The summed E-state index contributed by atoms with van der Waals surface area (Å²) in [6.45, 7) is 16.4. The maximum Gasteiger partial charge on any atom is 0.0277 e. The van der Waals surface area contributed by atoms with Gasteiger partial charge in [-0.05, 0) is 45.2 Å². The molecule has 0 spiro atoms. The Morgan fingerprint density at radius 2 is 1.44 bits per heavy atom. The van der Waals surface area contributed by atoms with Crippen molar-refractivity contribution in [2.24, 2.45) is 5.41 Å². The van der Waals surface area contributed by atoms with Crippen molar-refractivity contribution in [1.82, 2.24) is 10.2 Å². The monoisotopic (exact) mass is 226 g/mol. The average Bonchev–Trinajstić information content (AvgIpc) is 2.17. The summed E-state index contributed by atoms with van der Waals surface area (Å²) in [5.41, 5.74) is 0.698. The quantitative estimate of drug-likeness (QED) is 0.793. The Kier molecular flexibility index (Phi) is 4.81. The number of hydrogen-bond donors (Lipinski definition) is 1. The predicted molar refractivity (Wildman–Crippen MR) is 71.8 cm³/mol. The fourth-order valence-electron chi connectivity index (χ4n) is 2.35. The minimum absolute atomic E-state index is 0.311. The fourth-order valence-corrected chi connectivity index (χ4v) is 2.35. The van der Waals surface area contributed by atoms with E-state index >= 15 is 0 Å². The molecule has 2 nitrogen and oxygen atoms in total. The van der Waals surface area contributed by atoms with Crippen LogP contribution in [0.25, 0.3) is 0 Å². The number of rotatable bonds is 4. The van der Waals surface area contributed by atoms with Crippen LogP contribution in [-0.4, -0.2) is 36.6 Å². The molecule has 0 amide bonds. The Bertz CT molecular complexity index is 197. The first-order chi connectivity index (χ1) is 7.31. The van der Waals surface area contributed by atoms with Gasteiger partial charge in [0.2, 0.25) is 0 Å². The molecule has 96 valence electrons. The molecule has 1 rings (SSSR count). The van der Waals surface area contributed by atoms with Crippen LogP contribution in [0.5, 0.6) is 0 Å². The van der Waals surface area contributed by atoms with Crippen LogP contribution in [-0.2, 0) is 0 Å². The highest BCUT2D eigenvalue weighted by molar-refractivity contribution is 4.86. The van der Waals surface area contributed by atoms with Gasteiger partial charge in [0.25, 0.3) is 0 Å². The molecule has 0 unspecified atom stereocenters. The van der Waals surface area contributed by atoms with Gasteiger partial charge in [0.1, 0.15) is 0 Å². The number of nitrogens with zero attached hydrogens (tertiary/aromatic N) is 1. The normalized spacial score (nSPS) is 20.1. The van der Waals surface area contributed by atoms with Crippen molar-refractivity contribution >= 4 is 0 Å². The van der Waals surface area contributed by atoms with Crippen LogP contribution >= 0.6 is 0 Å². The molecular weight excluding hydrogens is 196 g/mol. The number of piperidine rings is 1. The molecule has 1 fully saturated rings. The lowest BCUT2D eigenvalue weighted by Crippen LogP contribution is -2.53. The molecule has 0 aliphatic carbocycles. The van der Waals surface area contributed by atoms with Crippen LogP contribution in [0.15, 0.2) is 0 Å². The van der Waals surface area contributed by atoms with Crippen molar-refractivity contribution < 1.29 is 0 Å². The molecule has 1 heterocycles. The fraction of sp³-hybridized carbons (Fsp3) is 1.00. The summed E-state index contributed by atoms with van der Waals surface area (Å²) in [5.74, 6) is 0. The average molecular weight is 226 g/mol. The van der Waals surface area contributed by atoms with Crippen molar-refractivity contribution in [2.75, 3.05) is 26.2 Å². The third kappa shape index (κ3) is 4.84. The highest BCUT2D eigenvalue weighted by Crippen LogP contribution is 2.20. The van der Waals surface area contributed by atoms with Gasteiger partial charge in [-0.15, -0.1) is 0 Å². The smallest absolute Gasteiger partial charge is 0.0277 e. The standard InChI is InChI=1S/C14H30N2/c1-13(2,3)11-15-12-14(4,5)16-9-7-6-8-10-16/h15H,6-12H2,1-5H3. The summed E-state index contributed by atoms with van der Waals surface area (Å²) in [7, 11) is 0. The third-order valence-electron chi connectivity index (χ3n) is 3.43. The molecule has 0 radical (unpaired) electrons. The highest BCUT2D eigenvalue weighted by Gasteiger charge is 2.27. The Labute approximate surface area is 102 Å². The molecule has 0 aromatic carbocycles. The minimum atomic E-state index is 0.311. The van der Waals surface area contributed by atoms with Gasteiger partial charge in [0.05, 0.1) is 0 Å². The summed E-state index contributed by atoms with van der Waals surface area (Å²) >= 11 is 0. The van der Waals surface area contributed by atoms with E-state index in [0.29, 0.717) is 11.0 Å². The molecule has 1 aliphatic rings. The maximum atomic E-state index is 3.62. The van der Waals surface area contributed by atoms with Crippen LogP contribution in [0, 0.1) is 5.41 Å². The largest absolute Gasteiger partial charge is 0.314 e. The summed E-state index contributed by atoms with van der Waals surface area (Å²) in [6.07, 6.45) is 4.17. The van der Waals surface area contributed by atoms with E-state index in [1.54, 1.807) is 0 Å². The summed E-state index contributed by atoms with van der Waals surface area (Å²) < 4.78 is 0. The van der Waals surface area contributed by atoms with Crippen molar-refractivity contribution in [3.05, 3.63) is 0 Å². The lowest BCUT2D eigenvalue weighted by Gasteiger charge is -2.41. The molecule has 0 aromatic rings. The number of hydrogen-bond acceptors (Lipinski definition) is 2. The molecule has 1 N–H and O–H groups in total. The van der Waals surface area contributed by atoms with E-state index in [-0.39, 0.29) is 0 Å². The van der Waals surface area contributed by atoms with E-state index in [0.717, 1.165) is 13.1 Å². The molecular formula is C14H30N2. The van der Waals surface area contributed by atoms with E-state index in [9.17, 15) is 0 Å². The molecule has 0 bridgehead atoms. The first-order valence-corrected chi connectivity index (χ1v) is 6.77. The Hall–Kier alpha value is -0.0800. The van der Waals surface area contributed by atoms with Crippen LogP contribution in [0.1, 0.15) is 53.9 Å². The van der Waals surface area contributed by atoms with Gasteiger partial charge in [-0.25, -0.2) is 0 Å². The van der Waals surface area contributed by atoms with Crippen molar-refractivity contribution in [3.8, 4) is 0 Å². The zero-order valence-corrected chi connectivity index (χ0v) is 11.9. The van der Waals surface area contributed by atoms with Crippen LogP contribution in [0.3, 0.4) is 0 Å². The van der Waals surface area contributed by atoms with Gasteiger partial charge >= 0.3 is 0 Å². The third-order valence-corrected chi connectivity index (χ3v) is 3.43. The van der Waals surface area contributed by atoms with E-state index in [2.05, 4.69) is 44.8 Å². The number of nitrogens with one attached hydrogen (secondary N) is 1. The van der Waals surface area contributed by atoms with Crippen molar-refractivity contribution in [3.63, 3.8) is 0 Å². The summed E-state index contributed by atoms with van der Waals surface area (Å²) in [5, 5.41) is 3.62. The Morgan fingerprint density at radius 1 is 0.875 bits per heavy atom. The molecule has 0 aromatic heterocycles. The second kappa shape index (κ2) is 5.50. The second-order valence-electron chi connectivity index (χ2n) is 7.02. The Morgan fingerprint density at radius 3 is 1.94 bits per heavy atom. The highest BCUT2D eigenvalue weighted by atomic mass is 15.2. The number of likely N-dealkylation sites (tertiary alicyclic amines) is 1. The molecule has 0 atom stereocenters. The second-order valence-corrected chi connectivity index (χ2v) is 7.02. The summed E-state index contributed by atoms with van der Waals surface area (Å²) in [6, 6.07) is 0. The molecule has 2 heteroatoms.